The van der Waals surface area contributed by atoms with Gasteiger partial charge in [-0.1, -0.05) is 0 Å². The molecule has 10 nitrogen and oxygen atoms in total. The van der Waals surface area contributed by atoms with Crippen molar-refractivity contribution in [3.63, 3.8) is 0 Å². The number of carboxylic acids is 1. The maximum absolute atomic E-state index is 12.0. The third-order valence-corrected chi connectivity index (χ3v) is 3.69. The van der Waals surface area contributed by atoms with Crippen molar-refractivity contribution in [3.8, 4) is 0 Å². The number of aromatic carboxylic acids is 1. The van der Waals surface area contributed by atoms with Crippen LogP contribution in [0.1, 0.15) is 21.0 Å². The van der Waals surface area contributed by atoms with Crippen LogP contribution < -0.4 is 0 Å². The Morgan fingerprint density at radius 3 is 2.54 bits per heavy atom. The molecule has 0 fully saturated rings. The van der Waals surface area contributed by atoms with E-state index in [0.29, 0.717) is 10.9 Å². The molecule has 0 aliphatic heterocycles. The first-order chi connectivity index (χ1) is 11.4. The summed E-state index contributed by atoms with van der Waals surface area (Å²) in [5, 5.41) is 28.0. The molecule has 0 saturated carbocycles. The number of non-ortho nitro benzene ring substituents is 1. The molecule has 0 aliphatic rings. The smallest absolute Gasteiger partial charge is 0.359 e. The molecule has 3 rings (SSSR count). The van der Waals surface area contributed by atoms with Gasteiger partial charge in [-0.15, -0.1) is 10.2 Å². The predicted molar refractivity (Wildman–Crippen MR) is 81.0 cm³/mol. The van der Waals surface area contributed by atoms with Crippen LogP contribution in [0.15, 0.2) is 18.2 Å². The monoisotopic (exact) mass is 330 g/mol. The Morgan fingerprint density at radius 2 is 1.96 bits per heavy atom. The van der Waals surface area contributed by atoms with Crippen molar-refractivity contribution in [2.75, 3.05) is 7.11 Å². The van der Waals surface area contributed by atoms with Gasteiger partial charge in [-0.25, -0.2) is 9.59 Å². The number of benzene rings is 1. The number of hydrogen-bond donors (Lipinski definition) is 1. The summed E-state index contributed by atoms with van der Waals surface area (Å²) < 4.78 is 6.15. The highest BCUT2D eigenvalue weighted by molar-refractivity contribution is 6.19. The standard InChI is InChI=1S/C14H10N4O6/c1-17-8-4-3-6(18(22)23)5-7(8)9-10(14(21)24-2)15-16-11(12(9)17)13(19)20/h3-5H,1-2H3,(H,19,20). The number of aromatic nitrogens is 3. The molecule has 2 heterocycles. The van der Waals surface area contributed by atoms with Crippen LogP contribution in [0, 0.1) is 10.1 Å². The zero-order valence-corrected chi connectivity index (χ0v) is 12.5. The quantitative estimate of drug-likeness (QED) is 0.433. The summed E-state index contributed by atoms with van der Waals surface area (Å²) in [7, 11) is 2.72. The minimum atomic E-state index is -1.33. The number of ether oxygens (including phenoxy) is 1. The summed E-state index contributed by atoms with van der Waals surface area (Å²) >= 11 is 0. The zero-order valence-electron chi connectivity index (χ0n) is 12.5. The Morgan fingerprint density at radius 1 is 1.29 bits per heavy atom. The van der Waals surface area contributed by atoms with Crippen LogP contribution in [0.25, 0.3) is 21.8 Å². The van der Waals surface area contributed by atoms with Crippen LogP contribution in [-0.4, -0.2) is 43.8 Å². The van der Waals surface area contributed by atoms with Crippen molar-refractivity contribution < 1.29 is 24.4 Å². The maximum Gasteiger partial charge on any atom is 0.359 e. The number of nitrogens with zero attached hydrogens (tertiary/aromatic N) is 4. The van der Waals surface area contributed by atoms with Crippen molar-refractivity contribution in [1.29, 1.82) is 0 Å². The largest absolute Gasteiger partial charge is 0.476 e. The lowest BCUT2D eigenvalue weighted by Crippen LogP contribution is -2.12. The van der Waals surface area contributed by atoms with Gasteiger partial charge in [-0.2, -0.15) is 0 Å². The fourth-order valence-corrected chi connectivity index (χ4v) is 2.64. The molecule has 1 N–H and O–H groups in total. The summed E-state index contributed by atoms with van der Waals surface area (Å²) in [6.07, 6.45) is 0. The third-order valence-electron chi connectivity index (χ3n) is 3.69. The van der Waals surface area contributed by atoms with E-state index < -0.39 is 16.9 Å². The Bertz CT molecular complexity index is 1040. The first kappa shape index (κ1) is 15.3. The van der Waals surface area contributed by atoms with Crippen molar-refractivity contribution >= 4 is 39.4 Å². The van der Waals surface area contributed by atoms with Gasteiger partial charge in [-0.3, -0.25) is 10.1 Å². The zero-order chi connectivity index (χ0) is 17.6. The highest BCUT2D eigenvalue weighted by atomic mass is 16.6. The Hall–Kier alpha value is -3.56. The van der Waals surface area contributed by atoms with E-state index >= 15 is 0 Å². The van der Waals surface area contributed by atoms with E-state index in [0.717, 1.165) is 7.11 Å². The number of nitro groups is 1. The number of rotatable bonds is 3. The first-order valence-electron chi connectivity index (χ1n) is 6.61. The molecule has 0 atom stereocenters. The second kappa shape index (κ2) is 5.26. The molecule has 3 aromatic rings. The molecular formula is C14H10N4O6. The Balaban J connectivity index is 2.58. The van der Waals surface area contributed by atoms with E-state index in [2.05, 4.69) is 14.9 Å². The molecule has 0 bridgehead atoms. The van der Waals surface area contributed by atoms with Gasteiger partial charge in [0.15, 0.2) is 11.4 Å². The Labute approximate surface area is 133 Å². The van der Waals surface area contributed by atoms with Crippen molar-refractivity contribution in [1.82, 2.24) is 14.8 Å². The fraction of sp³-hybridized carbons (Fsp3) is 0.143. The van der Waals surface area contributed by atoms with Gasteiger partial charge in [0.05, 0.1) is 17.5 Å². The number of aryl methyl sites for hydroxylation is 1. The van der Waals surface area contributed by atoms with Gasteiger partial charge in [0.2, 0.25) is 0 Å². The van der Waals surface area contributed by atoms with E-state index in [1.165, 1.54) is 22.8 Å². The lowest BCUT2D eigenvalue weighted by molar-refractivity contribution is -0.384. The van der Waals surface area contributed by atoms with Crippen LogP contribution in [0.4, 0.5) is 5.69 Å². The van der Waals surface area contributed by atoms with Crippen LogP contribution in [-0.2, 0) is 11.8 Å². The predicted octanol–water partition coefficient (Wildman–Crippen LogP) is 1.51. The summed E-state index contributed by atoms with van der Waals surface area (Å²) in [4.78, 5) is 33.8. The normalized spacial score (nSPS) is 10.9. The molecule has 0 amide bonds. The summed E-state index contributed by atoms with van der Waals surface area (Å²) in [6.45, 7) is 0. The summed E-state index contributed by atoms with van der Waals surface area (Å²) in [5.74, 6) is -2.15. The first-order valence-corrected chi connectivity index (χ1v) is 6.61. The van der Waals surface area contributed by atoms with Gasteiger partial charge in [-0.05, 0) is 6.07 Å². The molecule has 0 saturated heterocycles. The summed E-state index contributed by atoms with van der Waals surface area (Å²) in [6, 6.07) is 4.03. The molecule has 0 aliphatic carbocycles. The lowest BCUT2D eigenvalue weighted by atomic mass is 10.1. The highest BCUT2D eigenvalue weighted by Crippen LogP contribution is 2.33. The van der Waals surface area contributed by atoms with E-state index in [1.807, 2.05) is 0 Å². The number of fused-ring (bicyclic) bond motifs is 3. The van der Waals surface area contributed by atoms with Crippen LogP contribution in [0.3, 0.4) is 0 Å². The Kier molecular flexibility index (Phi) is 3.36. The number of esters is 1. The second-order valence-corrected chi connectivity index (χ2v) is 4.94. The average molecular weight is 330 g/mol. The number of carbonyl (C=O) groups excluding carboxylic acids is 1. The van der Waals surface area contributed by atoms with Crippen molar-refractivity contribution in [3.05, 3.63) is 39.7 Å². The number of hydrogen-bond acceptors (Lipinski definition) is 7. The minimum Gasteiger partial charge on any atom is -0.476 e. The molecule has 0 unspecified atom stereocenters. The van der Waals surface area contributed by atoms with E-state index in [9.17, 15) is 24.8 Å². The fourth-order valence-electron chi connectivity index (χ4n) is 2.64. The van der Waals surface area contributed by atoms with Crippen molar-refractivity contribution in [2.24, 2.45) is 7.05 Å². The van der Waals surface area contributed by atoms with Gasteiger partial charge >= 0.3 is 11.9 Å². The van der Waals surface area contributed by atoms with Crippen LogP contribution in [0.5, 0.6) is 0 Å². The third kappa shape index (κ3) is 2.04. The minimum absolute atomic E-state index is 0.133. The van der Waals surface area contributed by atoms with E-state index in [4.69, 9.17) is 0 Å². The van der Waals surface area contributed by atoms with Crippen LogP contribution >= 0.6 is 0 Å². The number of carbonyl (C=O) groups is 2. The average Bonchev–Trinajstić information content (AvgIpc) is 2.86. The van der Waals surface area contributed by atoms with Crippen molar-refractivity contribution in [2.45, 2.75) is 0 Å². The number of methoxy groups -OCH3 is 1. The van der Waals surface area contributed by atoms with Crippen LogP contribution in [0.2, 0.25) is 0 Å². The van der Waals surface area contributed by atoms with Gasteiger partial charge < -0.3 is 14.4 Å². The van der Waals surface area contributed by atoms with Gasteiger partial charge in [0, 0.05) is 35.5 Å². The molecule has 1 aromatic carbocycles. The van der Waals surface area contributed by atoms with Gasteiger partial charge in [0.1, 0.15) is 0 Å². The second-order valence-electron chi connectivity index (χ2n) is 4.94. The lowest BCUT2D eigenvalue weighted by Gasteiger charge is -2.03. The molecule has 24 heavy (non-hydrogen) atoms. The highest BCUT2D eigenvalue weighted by Gasteiger charge is 2.26. The molecule has 2 aromatic heterocycles. The van der Waals surface area contributed by atoms with E-state index in [1.54, 1.807) is 7.05 Å². The van der Waals surface area contributed by atoms with Gasteiger partial charge in [0.25, 0.3) is 5.69 Å². The number of nitro benzene ring substituents is 1. The molecule has 0 spiro atoms. The molecule has 0 radical (unpaired) electrons. The molecular weight excluding hydrogens is 320 g/mol. The topological polar surface area (TPSA) is 137 Å². The van der Waals surface area contributed by atoms with E-state index in [-0.39, 0.29) is 28.0 Å². The molecule has 10 heteroatoms. The number of carboxylic acid groups (broad SMARTS) is 1. The SMILES string of the molecule is COC(=O)c1nnc(C(=O)O)c2c1c1cc([N+](=O)[O-])ccc1n2C. The maximum atomic E-state index is 12.0. The molecule has 122 valence electrons. The summed E-state index contributed by atoms with van der Waals surface area (Å²) in [5.41, 5.74) is -0.131.